The van der Waals surface area contributed by atoms with Crippen molar-refractivity contribution >= 4 is 52.0 Å². The Morgan fingerprint density at radius 2 is 2.25 bits per heavy atom. The highest BCUT2D eigenvalue weighted by Gasteiger charge is 2.27. The lowest BCUT2D eigenvalue weighted by Gasteiger charge is -1.99. The van der Waals surface area contributed by atoms with Crippen LogP contribution in [0.3, 0.4) is 0 Å². The molecule has 2 aromatic rings. The number of carboxylic acids is 1. The lowest BCUT2D eigenvalue weighted by molar-refractivity contribution is -0.110. The molecule has 0 spiro atoms. The van der Waals surface area contributed by atoms with Crippen LogP contribution in [0.15, 0.2) is 23.2 Å². The van der Waals surface area contributed by atoms with Crippen molar-refractivity contribution in [1.29, 1.82) is 0 Å². The number of aromatic amines is 1. The molecule has 0 bridgehead atoms. The number of fused-ring (bicyclic) bond motifs is 1. The third kappa shape index (κ3) is 2.12. The highest BCUT2D eigenvalue weighted by atomic mass is 32.1. The number of carbonyl (C=O) groups excluding carboxylic acids is 1. The van der Waals surface area contributed by atoms with E-state index in [1.807, 2.05) is 0 Å². The maximum absolute atomic E-state index is 11.9. The van der Waals surface area contributed by atoms with Gasteiger partial charge < -0.3 is 10.4 Å². The lowest BCUT2D eigenvalue weighted by atomic mass is 10.1. The number of benzene rings is 1. The second-order valence-corrected chi connectivity index (χ2v) is 5.52. The van der Waals surface area contributed by atoms with Gasteiger partial charge in [-0.15, -0.1) is 5.10 Å². The summed E-state index contributed by atoms with van der Waals surface area (Å²) in [4.78, 5) is 27.0. The zero-order valence-corrected chi connectivity index (χ0v) is 11.3. The van der Waals surface area contributed by atoms with Crippen LogP contribution in [-0.2, 0) is 4.79 Å². The molecule has 20 heavy (non-hydrogen) atoms. The third-order valence-corrected chi connectivity index (χ3v) is 3.60. The molecule has 0 aliphatic carbocycles. The molecule has 1 amide bonds. The molecule has 0 radical (unpaired) electrons. The average molecular weight is 306 g/mol. The number of aromatic nitrogens is 2. The first-order chi connectivity index (χ1) is 9.54. The Balaban J connectivity index is 2.13. The Hall–Kier alpha value is -2.39. The van der Waals surface area contributed by atoms with E-state index in [9.17, 15) is 9.59 Å². The largest absolute Gasteiger partial charge is 0.478 e. The van der Waals surface area contributed by atoms with Crippen LogP contribution < -0.4 is 5.32 Å². The van der Waals surface area contributed by atoms with E-state index in [4.69, 9.17) is 17.3 Å². The first-order valence-corrected chi connectivity index (χ1v) is 6.60. The van der Waals surface area contributed by atoms with Crippen LogP contribution in [0.25, 0.3) is 0 Å². The van der Waals surface area contributed by atoms with Gasteiger partial charge in [0, 0.05) is 5.56 Å². The fourth-order valence-corrected chi connectivity index (χ4v) is 2.52. The molecule has 1 aliphatic rings. The molecule has 1 aliphatic heterocycles. The second-order valence-electron chi connectivity index (χ2n) is 3.88. The van der Waals surface area contributed by atoms with Gasteiger partial charge in [0.05, 0.1) is 11.3 Å². The van der Waals surface area contributed by atoms with Crippen molar-refractivity contribution < 1.29 is 14.7 Å². The number of anilines is 1. The van der Waals surface area contributed by atoms with Crippen LogP contribution in [0.1, 0.15) is 15.9 Å². The van der Waals surface area contributed by atoms with E-state index in [-0.39, 0.29) is 11.3 Å². The van der Waals surface area contributed by atoms with Crippen molar-refractivity contribution in [2.75, 3.05) is 5.32 Å². The fourth-order valence-electron chi connectivity index (χ4n) is 1.76. The van der Waals surface area contributed by atoms with Gasteiger partial charge >= 0.3 is 5.97 Å². The van der Waals surface area contributed by atoms with Crippen LogP contribution in [0.4, 0.5) is 10.8 Å². The summed E-state index contributed by atoms with van der Waals surface area (Å²) in [5.74, 6) is -1.47. The molecule has 0 saturated heterocycles. The first-order valence-electron chi connectivity index (χ1n) is 5.38. The summed E-state index contributed by atoms with van der Waals surface area (Å²) in [5.41, 5.74) is 1.18. The Bertz CT molecular complexity index is 821. The molecule has 100 valence electrons. The van der Waals surface area contributed by atoms with Crippen molar-refractivity contribution in [3.8, 4) is 0 Å². The van der Waals surface area contributed by atoms with Gasteiger partial charge in [-0.1, -0.05) is 11.3 Å². The number of hydrogen-bond donors (Lipinski definition) is 3. The van der Waals surface area contributed by atoms with Gasteiger partial charge in [-0.25, -0.2) is 9.79 Å². The molecule has 0 fully saturated rings. The fraction of sp³-hybridized carbons (Fsp3) is 0. The quantitative estimate of drug-likeness (QED) is 0.735. The zero-order chi connectivity index (χ0) is 14.3. The summed E-state index contributed by atoms with van der Waals surface area (Å²) in [5, 5.41) is 18.3. The molecule has 7 nitrogen and oxygen atoms in total. The monoisotopic (exact) mass is 306 g/mol. The third-order valence-electron chi connectivity index (χ3n) is 2.62. The van der Waals surface area contributed by atoms with Crippen LogP contribution >= 0.6 is 23.6 Å². The number of carbonyl (C=O) groups is 2. The van der Waals surface area contributed by atoms with E-state index in [1.54, 1.807) is 0 Å². The van der Waals surface area contributed by atoms with Gasteiger partial charge in [0.25, 0.3) is 5.91 Å². The van der Waals surface area contributed by atoms with Gasteiger partial charge in [-0.2, -0.15) is 0 Å². The second kappa shape index (κ2) is 4.62. The van der Waals surface area contributed by atoms with E-state index in [1.165, 1.54) is 18.2 Å². The maximum atomic E-state index is 11.9. The topological polar surface area (TPSA) is 107 Å². The number of hydrogen-bond acceptors (Lipinski definition) is 6. The van der Waals surface area contributed by atoms with Crippen molar-refractivity contribution in [1.82, 2.24) is 10.2 Å². The maximum Gasteiger partial charge on any atom is 0.335 e. The highest BCUT2D eigenvalue weighted by Crippen LogP contribution is 2.27. The Kier molecular flexibility index (Phi) is 2.92. The van der Waals surface area contributed by atoms with Crippen molar-refractivity contribution in [3.63, 3.8) is 0 Å². The summed E-state index contributed by atoms with van der Waals surface area (Å²) in [6.07, 6.45) is 0. The number of carboxylic acid groups (broad SMARTS) is 1. The highest BCUT2D eigenvalue weighted by molar-refractivity contribution is 7.73. The molecule has 1 aromatic heterocycles. The zero-order valence-electron chi connectivity index (χ0n) is 9.71. The average Bonchev–Trinajstić information content (AvgIpc) is 2.94. The molecule has 0 saturated carbocycles. The lowest BCUT2D eigenvalue weighted by Crippen LogP contribution is -2.14. The van der Waals surface area contributed by atoms with Crippen LogP contribution in [0.5, 0.6) is 0 Å². The standard InChI is InChI=1S/C11H6N4O3S2/c16-8-7(13-10-14-15-11(19)20-10)5-3-4(9(17)18)1-2-6(5)12-8/h1-3H,(H,15,19)(H,17,18)(H,12,13,14,16). The Morgan fingerprint density at radius 1 is 1.45 bits per heavy atom. The van der Waals surface area contributed by atoms with Crippen molar-refractivity contribution in [3.05, 3.63) is 33.3 Å². The summed E-state index contributed by atoms with van der Waals surface area (Å²) < 4.78 is 0.447. The van der Waals surface area contributed by atoms with Gasteiger partial charge in [0.2, 0.25) is 5.13 Å². The molecule has 0 atom stereocenters. The molecule has 3 rings (SSSR count). The molecule has 1 aromatic carbocycles. The number of nitrogens with zero attached hydrogens (tertiary/aromatic N) is 2. The minimum Gasteiger partial charge on any atom is -0.478 e. The van der Waals surface area contributed by atoms with E-state index in [0.717, 1.165) is 11.3 Å². The van der Waals surface area contributed by atoms with Crippen LogP contribution in [0, 0.1) is 3.95 Å². The van der Waals surface area contributed by atoms with E-state index in [0.29, 0.717) is 20.3 Å². The molecule has 3 N–H and O–H groups in total. The molecule has 0 unspecified atom stereocenters. The summed E-state index contributed by atoms with van der Waals surface area (Å²) in [6.45, 7) is 0. The molecular weight excluding hydrogens is 300 g/mol. The Morgan fingerprint density at radius 3 is 2.90 bits per heavy atom. The predicted molar refractivity (Wildman–Crippen MR) is 75.5 cm³/mol. The van der Waals surface area contributed by atoms with Gasteiger partial charge in [-0.3, -0.25) is 9.89 Å². The predicted octanol–water partition coefficient (Wildman–Crippen LogP) is 1.97. The number of aliphatic imine (C=N–C) groups is 1. The smallest absolute Gasteiger partial charge is 0.335 e. The normalized spacial score (nSPS) is 15.2. The number of H-pyrrole nitrogens is 1. The summed E-state index contributed by atoms with van der Waals surface area (Å²) >= 11 is 6.02. The Labute approximate surface area is 121 Å². The van der Waals surface area contributed by atoms with E-state index >= 15 is 0 Å². The number of aromatic carboxylic acids is 1. The summed E-state index contributed by atoms with van der Waals surface area (Å²) in [7, 11) is 0. The summed E-state index contributed by atoms with van der Waals surface area (Å²) in [6, 6.07) is 4.36. The van der Waals surface area contributed by atoms with Crippen LogP contribution in [-0.4, -0.2) is 32.9 Å². The van der Waals surface area contributed by atoms with E-state index < -0.39 is 11.9 Å². The van der Waals surface area contributed by atoms with Crippen molar-refractivity contribution in [2.24, 2.45) is 4.99 Å². The minimum atomic E-state index is -1.07. The minimum absolute atomic E-state index is 0.0857. The van der Waals surface area contributed by atoms with Gasteiger partial charge in [0.1, 0.15) is 5.71 Å². The molecular formula is C11H6N4O3S2. The molecule has 9 heteroatoms. The van der Waals surface area contributed by atoms with Gasteiger partial charge in [0.15, 0.2) is 3.95 Å². The van der Waals surface area contributed by atoms with Crippen molar-refractivity contribution in [2.45, 2.75) is 0 Å². The van der Waals surface area contributed by atoms with E-state index in [2.05, 4.69) is 20.5 Å². The molecule has 2 heterocycles. The number of rotatable bonds is 2. The SMILES string of the molecule is O=C1Nc2ccc(C(=O)O)cc2/C1=N/c1n[nH]c(=S)s1. The van der Waals surface area contributed by atoms with Gasteiger partial charge in [-0.05, 0) is 30.4 Å². The van der Waals surface area contributed by atoms with Crippen LogP contribution in [0.2, 0.25) is 0 Å². The number of amides is 1. The first kappa shape index (κ1) is 12.6. The number of nitrogens with one attached hydrogen (secondary N) is 2.